The highest BCUT2D eigenvalue weighted by Crippen LogP contribution is 2.20. The molecule has 0 bridgehead atoms. The van der Waals surface area contributed by atoms with Gasteiger partial charge in [-0.1, -0.05) is 19.9 Å². The Morgan fingerprint density at radius 2 is 1.94 bits per heavy atom. The quantitative estimate of drug-likeness (QED) is 0.544. The predicted molar refractivity (Wildman–Crippen MR) is 65.2 cm³/mol. The second kappa shape index (κ2) is 6.04. The van der Waals surface area contributed by atoms with Crippen molar-refractivity contribution in [2.24, 2.45) is 11.8 Å². The van der Waals surface area contributed by atoms with E-state index in [1.165, 1.54) is 13.5 Å². The number of piperidine rings is 1. The van der Waals surface area contributed by atoms with Gasteiger partial charge in [0.25, 0.3) is 0 Å². The molecule has 1 heterocycles. The second-order valence-corrected chi connectivity index (χ2v) is 5.04. The van der Waals surface area contributed by atoms with Crippen LogP contribution in [0.3, 0.4) is 0 Å². The molecule has 0 saturated carbocycles. The normalized spacial score (nSPS) is 27.9. The lowest BCUT2D eigenvalue weighted by atomic mass is 9.92. The molecule has 2 unspecified atom stereocenters. The van der Waals surface area contributed by atoms with Crippen molar-refractivity contribution in [3.05, 3.63) is 11.6 Å². The summed E-state index contributed by atoms with van der Waals surface area (Å²) in [6.07, 6.45) is 3.28. The number of carbonyl (C=O) groups is 1. The van der Waals surface area contributed by atoms with E-state index < -0.39 is 0 Å². The van der Waals surface area contributed by atoms with Gasteiger partial charge in [0.1, 0.15) is 0 Å². The molecule has 2 atom stereocenters. The number of ether oxygens (including phenoxy) is 1. The molecule has 1 aliphatic heterocycles. The molecule has 1 saturated heterocycles. The molecule has 0 radical (unpaired) electrons. The molecular weight excluding hydrogens is 202 g/mol. The van der Waals surface area contributed by atoms with Gasteiger partial charge in [0, 0.05) is 25.2 Å². The molecule has 0 aromatic carbocycles. The molecule has 0 aromatic heterocycles. The van der Waals surface area contributed by atoms with Gasteiger partial charge in [-0.25, -0.2) is 4.79 Å². The number of methoxy groups -OCH3 is 1. The number of hydrogen-bond acceptors (Lipinski definition) is 3. The number of hydrogen-bond donors (Lipinski definition) is 0. The van der Waals surface area contributed by atoms with E-state index >= 15 is 0 Å². The fraction of sp³-hybridized carbons (Fsp3) is 0.769. The number of esters is 1. The number of carbonyl (C=O) groups excluding carboxylic acids is 1. The number of likely N-dealkylation sites (tertiary alicyclic amines) is 1. The first kappa shape index (κ1) is 13.2. The van der Waals surface area contributed by atoms with Gasteiger partial charge in [0.05, 0.1) is 7.11 Å². The van der Waals surface area contributed by atoms with Gasteiger partial charge in [0.2, 0.25) is 0 Å². The van der Waals surface area contributed by atoms with Crippen LogP contribution in [0.1, 0.15) is 27.2 Å². The highest BCUT2D eigenvalue weighted by atomic mass is 16.5. The molecule has 0 aliphatic carbocycles. The van der Waals surface area contributed by atoms with Gasteiger partial charge < -0.3 is 4.74 Å². The summed E-state index contributed by atoms with van der Waals surface area (Å²) in [5.41, 5.74) is 0.702. The molecule has 0 amide bonds. The fourth-order valence-electron chi connectivity index (χ4n) is 2.45. The average Bonchev–Trinajstić information content (AvgIpc) is 2.23. The van der Waals surface area contributed by atoms with Crippen molar-refractivity contribution in [3.8, 4) is 0 Å². The first-order valence-electron chi connectivity index (χ1n) is 6.00. The van der Waals surface area contributed by atoms with E-state index in [0.717, 1.165) is 31.5 Å². The molecule has 3 nitrogen and oxygen atoms in total. The van der Waals surface area contributed by atoms with Crippen LogP contribution < -0.4 is 0 Å². The Labute approximate surface area is 98.5 Å². The molecule has 92 valence electrons. The molecule has 1 rings (SSSR count). The SMILES string of the molecule is COC(=O)C(C)=CCN1CC(C)CC(C)C1. The van der Waals surface area contributed by atoms with E-state index in [-0.39, 0.29) is 5.97 Å². The van der Waals surface area contributed by atoms with Crippen LogP contribution in [0.4, 0.5) is 0 Å². The van der Waals surface area contributed by atoms with Crippen LogP contribution in [0.15, 0.2) is 11.6 Å². The van der Waals surface area contributed by atoms with Crippen LogP contribution in [-0.4, -0.2) is 37.6 Å². The van der Waals surface area contributed by atoms with Gasteiger partial charge in [-0.3, -0.25) is 4.90 Å². The molecule has 0 N–H and O–H groups in total. The summed E-state index contributed by atoms with van der Waals surface area (Å²) in [6.45, 7) is 9.52. The summed E-state index contributed by atoms with van der Waals surface area (Å²) >= 11 is 0. The first-order chi connectivity index (χ1) is 7.52. The van der Waals surface area contributed by atoms with E-state index in [0.29, 0.717) is 5.57 Å². The van der Waals surface area contributed by atoms with Crippen LogP contribution >= 0.6 is 0 Å². The monoisotopic (exact) mass is 225 g/mol. The lowest BCUT2D eigenvalue weighted by molar-refractivity contribution is -0.136. The molecule has 3 heteroatoms. The zero-order chi connectivity index (χ0) is 12.1. The average molecular weight is 225 g/mol. The first-order valence-corrected chi connectivity index (χ1v) is 6.00. The maximum atomic E-state index is 11.2. The minimum atomic E-state index is -0.224. The van der Waals surface area contributed by atoms with E-state index in [1.807, 2.05) is 13.0 Å². The van der Waals surface area contributed by atoms with Gasteiger partial charge in [-0.2, -0.15) is 0 Å². The minimum absolute atomic E-state index is 0.224. The molecule has 16 heavy (non-hydrogen) atoms. The molecular formula is C13H23NO2. The summed E-state index contributed by atoms with van der Waals surface area (Å²) in [7, 11) is 1.42. The standard InChI is InChI=1S/C13H23NO2/c1-10-7-11(2)9-14(8-10)6-5-12(3)13(15)16-4/h5,10-11H,6-9H2,1-4H3. The van der Waals surface area contributed by atoms with Gasteiger partial charge in [0.15, 0.2) is 0 Å². The molecule has 1 fully saturated rings. The van der Waals surface area contributed by atoms with E-state index in [2.05, 4.69) is 23.5 Å². The highest BCUT2D eigenvalue weighted by molar-refractivity contribution is 5.87. The molecule has 0 spiro atoms. The van der Waals surface area contributed by atoms with E-state index in [9.17, 15) is 4.79 Å². The third kappa shape index (κ3) is 3.97. The number of rotatable bonds is 3. The fourth-order valence-corrected chi connectivity index (χ4v) is 2.45. The summed E-state index contributed by atoms with van der Waals surface area (Å²) in [5, 5.41) is 0. The minimum Gasteiger partial charge on any atom is -0.466 e. The second-order valence-electron chi connectivity index (χ2n) is 5.04. The van der Waals surface area contributed by atoms with E-state index in [1.54, 1.807) is 0 Å². The summed E-state index contributed by atoms with van der Waals surface area (Å²) in [5.74, 6) is 1.30. The highest BCUT2D eigenvalue weighted by Gasteiger charge is 2.20. The zero-order valence-electron chi connectivity index (χ0n) is 10.8. The van der Waals surface area contributed by atoms with Crippen LogP contribution in [0, 0.1) is 11.8 Å². The summed E-state index contributed by atoms with van der Waals surface area (Å²) < 4.78 is 4.67. The van der Waals surface area contributed by atoms with Gasteiger partial charge >= 0.3 is 5.97 Å². The predicted octanol–water partition coefficient (Wildman–Crippen LogP) is 2.08. The van der Waals surface area contributed by atoms with Crippen molar-refractivity contribution in [1.82, 2.24) is 4.90 Å². The third-order valence-corrected chi connectivity index (χ3v) is 3.11. The Morgan fingerprint density at radius 1 is 1.38 bits per heavy atom. The summed E-state index contributed by atoms with van der Waals surface area (Å²) in [4.78, 5) is 13.6. The Balaban J connectivity index is 2.45. The topological polar surface area (TPSA) is 29.5 Å². The largest absolute Gasteiger partial charge is 0.466 e. The molecule has 0 aromatic rings. The van der Waals surface area contributed by atoms with Gasteiger partial charge in [-0.05, 0) is 25.2 Å². The Kier molecular flexibility index (Phi) is 5.00. The zero-order valence-corrected chi connectivity index (χ0v) is 10.8. The van der Waals surface area contributed by atoms with Crippen LogP contribution in [0.5, 0.6) is 0 Å². The molecule has 1 aliphatic rings. The van der Waals surface area contributed by atoms with Crippen molar-refractivity contribution in [2.75, 3.05) is 26.7 Å². The van der Waals surface area contributed by atoms with Gasteiger partial charge in [-0.15, -0.1) is 0 Å². The van der Waals surface area contributed by atoms with Crippen molar-refractivity contribution >= 4 is 5.97 Å². The Hall–Kier alpha value is -0.830. The van der Waals surface area contributed by atoms with Crippen molar-refractivity contribution in [3.63, 3.8) is 0 Å². The maximum Gasteiger partial charge on any atom is 0.333 e. The Bertz CT molecular complexity index is 263. The Morgan fingerprint density at radius 3 is 2.44 bits per heavy atom. The lowest BCUT2D eigenvalue weighted by Gasteiger charge is -2.34. The van der Waals surface area contributed by atoms with Crippen LogP contribution in [0.2, 0.25) is 0 Å². The van der Waals surface area contributed by atoms with Crippen LogP contribution in [0.25, 0.3) is 0 Å². The summed E-state index contributed by atoms with van der Waals surface area (Å²) in [6, 6.07) is 0. The van der Waals surface area contributed by atoms with Crippen LogP contribution in [-0.2, 0) is 9.53 Å². The van der Waals surface area contributed by atoms with Crippen molar-refractivity contribution in [2.45, 2.75) is 27.2 Å². The van der Waals surface area contributed by atoms with E-state index in [4.69, 9.17) is 0 Å². The van der Waals surface area contributed by atoms with Crippen molar-refractivity contribution in [1.29, 1.82) is 0 Å². The number of nitrogens with zero attached hydrogens (tertiary/aromatic N) is 1. The maximum absolute atomic E-state index is 11.2. The third-order valence-electron chi connectivity index (χ3n) is 3.11. The lowest BCUT2D eigenvalue weighted by Crippen LogP contribution is -2.38. The smallest absolute Gasteiger partial charge is 0.333 e. The van der Waals surface area contributed by atoms with Crippen molar-refractivity contribution < 1.29 is 9.53 Å².